The van der Waals surface area contributed by atoms with Gasteiger partial charge in [0.2, 0.25) is 5.82 Å². The highest BCUT2D eigenvalue weighted by molar-refractivity contribution is 5.30. The van der Waals surface area contributed by atoms with Crippen molar-refractivity contribution in [3.8, 4) is 0 Å². The Labute approximate surface area is 118 Å². The van der Waals surface area contributed by atoms with Crippen molar-refractivity contribution in [3.05, 3.63) is 20.8 Å². The minimum absolute atomic E-state index is 0.0708. The number of aromatic nitrogens is 3. The van der Waals surface area contributed by atoms with Gasteiger partial charge in [-0.2, -0.15) is 0 Å². The summed E-state index contributed by atoms with van der Waals surface area (Å²) in [6.45, 7) is 0.667. The van der Waals surface area contributed by atoms with Crippen molar-refractivity contribution in [1.29, 1.82) is 0 Å². The lowest BCUT2D eigenvalue weighted by atomic mass is 9.96. The SMILES string of the molecule is CN(C)C1(CNc2nn(C)c(=O)n(C)c2=O)CCCC1. The van der Waals surface area contributed by atoms with Crippen LogP contribution in [0, 0.1) is 0 Å². The molecule has 0 atom stereocenters. The van der Waals surface area contributed by atoms with Crippen molar-refractivity contribution in [2.75, 3.05) is 26.0 Å². The minimum atomic E-state index is -0.413. The summed E-state index contributed by atoms with van der Waals surface area (Å²) in [5.74, 6) is 0.239. The van der Waals surface area contributed by atoms with E-state index in [1.807, 2.05) is 0 Å². The Hall–Kier alpha value is -1.63. The number of nitrogens with one attached hydrogen (secondary N) is 1. The number of hydrogen-bond donors (Lipinski definition) is 1. The van der Waals surface area contributed by atoms with Gasteiger partial charge in [0.15, 0.2) is 0 Å². The lowest BCUT2D eigenvalue weighted by Crippen LogP contribution is -2.48. The molecule has 1 heterocycles. The molecule has 1 N–H and O–H groups in total. The number of likely N-dealkylation sites (N-methyl/N-ethyl adjacent to an activating group) is 1. The molecule has 0 aliphatic heterocycles. The fourth-order valence-electron chi connectivity index (χ4n) is 2.87. The Morgan fingerprint density at radius 3 is 2.40 bits per heavy atom. The van der Waals surface area contributed by atoms with Gasteiger partial charge in [-0.05, 0) is 26.9 Å². The molecule has 0 amide bonds. The Balaban J connectivity index is 2.23. The van der Waals surface area contributed by atoms with Crippen LogP contribution in [0.1, 0.15) is 25.7 Å². The lowest BCUT2D eigenvalue weighted by Gasteiger charge is -2.36. The maximum absolute atomic E-state index is 12.0. The molecule has 0 saturated heterocycles. The summed E-state index contributed by atoms with van der Waals surface area (Å²) in [5, 5.41) is 7.17. The summed E-state index contributed by atoms with van der Waals surface area (Å²) in [7, 11) is 7.15. The van der Waals surface area contributed by atoms with Gasteiger partial charge in [-0.1, -0.05) is 12.8 Å². The van der Waals surface area contributed by atoms with E-state index >= 15 is 0 Å². The smallest absolute Gasteiger partial charge is 0.346 e. The molecule has 1 aliphatic rings. The zero-order valence-electron chi connectivity index (χ0n) is 12.6. The predicted molar refractivity (Wildman–Crippen MR) is 78.1 cm³/mol. The normalized spacial score (nSPS) is 17.6. The molecule has 0 unspecified atom stereocenters. The van der Waals surface area contributed by atoms with E-state index in [0.29, 0.717) is 6.54 Å². The van der Waals surface area contributed by atoms with Crippen LogP contribution in [-0.4, -0.2) is 45.4 Å². The number of aryl methyl sites for hydroxylation is 1. The average molecular weight is 281 g/mol. The molecule has 1 aliphatic carbocycles. The van der Waals surface area contributed by atoms with Crippen LogP contribution < -0.4 is 16.6 Å². The number of nitrogens with zero attached hydrogens (tertiary/aromatic N) is 4. The topological polar surface area (TPSA) is 72.2 Å². The summed E-state index contributed by atoms with van der Waals surface area (Å²) in [4.78, 5) is 25.9. The Morgan fingerprint density at radius 1 is 1.25 bits per heavy atom. The van der Waals surface area contributed by atoms with Gasteiger partial charge in [0, 0.05) is 26.2 Å². The monoisotopic (exact) mass is 281 g/mol. The number of hydrogen-bond acceptors (Lipinski definition) is 5. The van der Waals surface area contributed by atoms with E-state index in [4.69, 9.17) is 0 Å². The van der Waals surface area contributed by atoms with Crippen molar-refractivity contribution in [2.24, 2.45) is 14.1 Å². The fraction of sp³-hybridized carbons (Fsp3) is 0.769. The molecule has 0 aromatic carbocycles. The second-order valence-electron chi connectivity index (χ2n) is 5.80. The summed E-state index contributed by atoms with van der Waals surface area (Å²) in [6.07, 6.45) is 4.63. The quantitative estimate of drug-likeness (QED) is 0.825. The second kappa shape index (κ2) is 5.40. The van der Waals surface area contributed by atoms with Crippen LogP contribution >= 0.6 is 0 Å². The maximum Gasteiger partial charge on any atom is 0.346 e. The van der Waals surface area contributed by atoms with E-state index in [-0.39, 0.29) is 16.9 Å². The van der Waals surface area contributed by atoms with E-state index < -0.39 is 5.69 Å². The molecule has 1 aromatic heterocycles. The van der Waals surface area contributed by atoms with Gasteiger partial charge in [0.1, 0.15) is 0 Å². The molecule has 0 spiro atoms. The first-order valence-electron chi connectivity index (χ1n) is 6.93. The molecule has 112 valence electrons. The summed E-state index contributed by atoms with van der Waals surface area (Å²) in [5.41, 5.74) is -0.717. The number of anilines is 1. The van der Waals surface area contributed by atoms with E-state index in [9.17, 15) is 9.59 Å². The summed E-state index contributed by atoms with van der Waals surface area (Å²) < 4.78 is 2.26. The van der Waals surface area contributed by atoms with E-state index in [1.165, 1.54) is 24.6 Å². The molecule has 1 aromatic rings. The molecule has 0 bridgehead atoms. The van der Waals surface area contributed by atoms with Crippen molar-refractivity contribution in [2.45, 2.75) is 31.2 Å². The largest absolute Gasteiger partial charge is 0.362 e. The van der Waals surface area contributed by atoms with Crippen molar-refractivity contribution in [3.63, 3.8) is 0 Å². The zero-order valence-corrected chi connectivity index (χ0v) is 12.6. The second-order valence-corrected chi connectivity index (χ2v) is 5.80. The van der Waals surface area contributed by atoms with Crippen LogP contribution in [0.4, 0.5) is 5.82 Å². The molecular formula is C13H23N5O2. The van der Waals surface area contributed by atoms with Gasteiger partial charge in [0.05, 0.1) is 0 Å². The molecule has 2 rings (SSSR count). The van der Waals surface area contributed by atoms with Crippen LogP contribution in [0.5, 0.6) is 0 Å². The van der Waals surface area contributed by atoms with Crippen LogP contribution in [0.25, 0.3) is 0 Å². The third kappa shape index (κ3) is 2.49. The third-order valence-corrected chi connectivity index (χ3v) is 4.39. The van der Waals surface area contributed by atoms with Gasteiger partial charge >= 0.3 is 5.69 Å². The van der Waals surface area contributed by atoms with Crippen molar-refractivity contribution in [1.82, 2.24) is 19.2 Å². The first kappa shape index (κ1) is 14.8. The summed E-state index contributed by atoms with van der Waals surface area (Å²) >= 11 is 0. The average Bonchev–Trinajstić information content (AvgIpc) is 2.89. The first-order valence-corrected chi connectivity index (χ1v) is 6.93. The molecular weight excluding hydrogens is 258 g/mol. The zero-order chi connectivity index (χ0) is 14.9. The molecule has 1 fully saturated rings. The highest BCUT2D eigenvalue weighted by Gasteiger charge is 2.36. The van der Waals surface area contributed by atoms with E-state index in [1.54, 1.807) is 7.05 Å². The van der Waals surface area contributed by atoms with Gasteiger partial charge < -0.3 is 10.2 Å². The standard InChI is InChI=1S/C13H23N5O2/c1-16(2)13(7-5-6-8-13)9-14-10-11(19)17(3)12(20)18(4)15-10/h5-9H2,1-4H3,(H,14,15). The van der Waals surface area contributed by atoms with Crippen LogP contribution in [0.3, 0.4) is 0 Å². The van der Waals surface area contributed by atoms with E-state index in [0.717, 1.165) is 17.4 Å². The van der Waals surface area contributed by atoms with Gasteiger partial charge in [-0.3, -0.25) is 9.36 Å². The van der Waals surface area contributed by atoms with Gasteiger partial charge in [-0.25, -0.2) is 9.48 Å². The Kier molecular flexibility index (Phi) is 3.99. The highest BCUT2D eigenvalue weighted by atomic mass is 16.2. The van der Waals surface area contributed by atoms with Crippen molar-refractivity contribution >= 4 is 5.82 Å². The van der Waals surface area contributed by atoms with Gasteiger partial charge in [0.25, 0.3) is 5.56 Å². The summed E-state index contributed by atoms with van der Waals surface area (Å²) in [6, 6.07) is 0. The highest BCUT2D eigenvalue weighted by Crippen LogP contribution is 2.33. The minimum Gasteiger partial charge on any atom is -0.362 e. The molecule has 0 radical (unpaired) electrons. The number of rotatable bonds is 4. The fourth-order valence-corrected chi connectivity index (χ4v) is 2.87. The molecule has 7 heteroatoms. The predicted octanol–water partition coefficient (Wildman–Crippen LogP) is -0.235. The molecule has 20 heavy (non-hydrogen) atoms. The van der Waals surface area contributed by atoms with Crippen LogP contribution in [0.2, 0.25) is 0 Å². The van der Waals surface area contributed by atoms with E-state index in [2.05, 4.69) is 29.4 Å². The van der Waals surface area contributed by atoms with Crippen LogP contribution in [-0.2, 0) is 14.1 Å². The maximum atomic E-state index is 12.0. The first-order chi connectivity index (χ1) is 9.37. The molecule has 1 saturated carbocycles. The molecule has 7 nitrogen and oxygen atoms in total. The Morgan fingerprint density at radius 2 is 1.85 bits per heavy atom. The lowest BCUT2D eigenvalue weighted by molar-refractivity contribution is 0.172. The van der Waals surface area contributed by atoms with Gasteiger partial charge in [-0.15, -0.1) is 5.10 Å². The third-order valence-electron chi connectivity index (χ3n) is 4.39. The Bertz CT molecular complexity index is 596. The van der Waals surface area contributed by atoms with Crippen molar-refractivity contribution < 1.29 is 0 Å². The van der Waals surface area contributed by atoms with Crippen LogP contribution in [0.15, 0.2) is 9.59 Å².